The van der Waals surface area contributed by atoms with Crippen LogP contribution < -0.4 is 4.90 Å². The topological polar surface area (TPSA) is 3.24 Å². The van der Waals surface area contributed by atoms with Crippen molar-refractivity contribution in [2.45, 2.75) is 32.1 Å². The van der Waals surface area contributed by atoms with E-state index in [4.69, 9.17) is 0 Å². The van der Waals surface area contributed by atoms with Crippen LogP contribution in [0.25, 0.3) is 54.9 Å². The molecule has 0 aromatic heterocycles. The van der Waals surface area contributed by atoms with Crippen molar-refractivity contribution in [3.63, 3.8) is 0 Å². The molecule has 0 radical (unpaired) electrons. The number of hydrogen-bond donors (Lipinski definition) is 0. The Labute approximate surface area is 295 Å². The summed E-state index contributed by atoms with van der Waals surface area (Å²) in [5.41, 5.74) is 14.0. The molecule has 0 fully saturated rings. The molecule has 0 aliphatic heterocycles. The maximum atomic E-state index is 2.50. The molecule has 9 rings (SSSR count). The molecule has 0 heterocycles. The molecule has 0 unspecified atom stereocenters. The normalized spacial score (nSPS) is 12.9. The molecule has 0 bridgehead atoms. The average Bonchev–Trinajstić information content (AvgIpc) is 3.47. The number of hydrogen-bond acceptors (Lipinski definition) is 1. The molecule has 0 spiro atoms. The van der Waals surface area contributed by atoms with Gasteiger partial charge >= 0.3 is 0 Å². The first kappa shape index (κ1) is 30.2. The number of rotatable bonds is 7. The molecule has 1 nitrogen and oxygen atoms in total. The quantitative estimate of drug-likeness (QED) is 0.167. The highest BCUT2D eigenvalue weighted by Crippen LogP contribution is 2.59. The number of benzene rings is 8. The van der Waals surface area contributed by atoms with Crippen molar-refractivity contribution in [3.05, 3.63) is 187 Å². The van der Waals surface area contributed by atoms with Gasteiger partial charge in [0.25, 0.3) is 0 Å². The van der Waals surface area contributed by atoms with Crippen LogP contribution in [0.3, 0.4) is 0 Å². The zero-order valence-corrected chi connectivity index (χ0v) is 28.6. The van der Waals surface area contributed by atoms with E-state index < -0.39 is 0 Å². The van der Waals surface area contributed by atoms with Crippen molar-refractivity contribution in [1.29, 1.82) is 0 Å². The Morgan fingerprint density at radius 2 is 0.940 bits per heavy atom. The largest absolute Gasteiger partial charge is 0.309 e. The molecule has 50 heavy (non-hydrogen) atoms. The summed E-state index contributed by atoms with van der Waals surface area (Å²) in [6.45, 7) is 4.71. The lowest BCUT2D eigenvalue weighted by Gasteiger charge is -2.32. The fraction of sp³-hybridized carbons (Fsp3) is 0.102. The number of nitrogens with zero attached hydrogens (tertiary/aromatic N) is 1. The lowest BCUT2D eigenvalue weighted by molar-refractivity contribution is 0.491. The van der Waals surface area contributed by atoms with Crippen molar-refractivity contribution in [2.75, 3.05) is 4.90 Å². The van der Waals surface area contributed by atoms with Crippen molar-refractivity contribution in [3.8, 4) is 33.4 Å². The molecule has 0 saturated heterocycles. The lowest BCUT2D eigenvalue weighted by Crippen LogP contribution is -2.23. The average molecular weight is 642 g/mol. The second kappa shape index (κ2) is 12.2. The van der Waals surface area contributed by atoms with Crippen LogP contribution in [0.4, 0.5) is 17.1 Å². The summed E-state index contributed by atoms with van der Waals surface area (Å²) in [4.78, 5) is 2.50. The van der Waals surface area contributed by atoms with E-state index in [0.29, 0.717) is 0 Å². The highest BCUT2D eigenvalue weighted by atomic mass is 15.1. The van der Waals surface area contributed by atoms with Gasteiger partial charge in [-0.3, -0.25) is 0 Å². The van der Waals surface area contributed by atoms with Crippen LogP contribution in [0.15, 0.2) is 176 Å². The molecule has 240 valence electrons. The van der Waals surface area contributed by atoms with Gasteiger partial charge in [0.2, 0.25) is 0 Å². The third-order valence-corrected chi connectivity index (χ3v) is 11.1. The Kier molecular flexibility index (Phi) is 7.36. The van der Waals surface area contributed by atoms with Crippen molar-refractivity contribution >= 4 is 38.6 Å². The van der Waals surface area contributed by atoms with Gasteiger partial charge in [-0.1, -0.05) is 147 Å². The van der Waals surface area contributed by atoms with Gasteiger partial charge in [0.1, 0.15) is 0 Å². The molecule has 0 saturated carbocycles. The maximum Gasteiger partial charge on any atom is 0.0621 e. The van der Waals surface area contributed by atoms with E-state index in [1.165, 1.54) is 71.7 Å². The van der Waals surface area contributed by atoms with Gasteiger partial charge < -0.3 is 4.90 Å². The fourth-order valence-corrected chi connectivity index (χ4v) is 8.60. The summed E-state index contributed by atoms with van der Waals surface area (Å²) in [5.74, 6) is 0. The molecule has 1 heteroatoms. The van der Waals surface area contributed by atoms with Gasteiger partial charge in [-0.15, -0.1) is 0 Å². The Balaban J connectivity index is 1.29. The summed E-state index contributed by atoms with van der Waals surface area (Å²) in [7, 11) is 0. The van der Waals surface area contributed by atoms with Gasteiger partial charge in [-0.25, -0.2) is 0 Å². The minimum Gasteiger partial charge on any atom is -0.309 e. The Morgan fingerprint density at radius 1 is 0.420 bits per heavy atom. The zero-order valence-electron chi connectivity index (χ0n) is 28.6. The minimum absolute atomic E-state index is 0.0269. The Bertz CT molecular complexity index is 2490. The molecule has 1 aliphatic rings. The first-order valence-corrected chi connectivity index (χ1v) is 17.9. The smallest absolute Gasteiger partial charge is 0.0621 e. The van der Waals surface area contributed by atoms with Crippen LogP contribution in [-0.4, -0.2) is 0 Å². The second-order valence-corrected chi connectivity index (χ2v) is 13.5. The molecule has 1 aliphatic carbocycles. The molecule has 8 aromatic rings. The summed E-state index contributed by atoms with van der Waals surface area (Å²) in [5, 5.41) is 5.04. The summed E-state index contributed by atoms with van der Waals surface area (Å²) in [6, 6.07) is 64.8. The molecule has 0 atom stereocenters. The van der Waals surface area contributed by atoms with E-state index in [2.05, 4.69) is 195 Å². The zero-order chi connectivity index (χ0) is 33.7. The van der Waals surface area contributed by atoms with Crippen LogP contribution in [0, 0.1) is 0 Å². The Hall–Kier alpha value is -5.92. The molecule has 0 N–H and O–H groups in total. The third kappa shape index (κ3) is 4.69. The van der Waals surface area contributed by atoms with E-state index in [1.54, 1.807) is 0 Å². The molecular formula is C49H39N. The summed E-state index contributed by atoms with van der Waals surface area (Å²) in [6.07, 6.45) is 2.11. The van der Waals surface area contributed by atoms with Crippen LogP contribution in [0.2, 0.25) is 0 Å². The van der Waals surface area contributed by atoms with Crippen LogP contribution in [-0.2, 0) is 5.41 Å². The predicted octanol–water partition coefficient (Wildman–Crippen LogP) is 13.9. The molecule has 8 aromatic carbocycles. The minimum atomic E-state index is -0.0269. The molecular weight excluding hydrogens is 603 g/mol. The van der Waals surface area contributed by atoms with E-state index in [-0.39, 0.29) is 5.41 Å². The van der Waals surface area contributed by atoms with Crippen molar-refractivity contribution in [1.82, 2.24) is 0 Å². The second-order valence-electron chi connectivity index (χ2n) is 13.5. The number of fused-ring (bicyclic) bond motifs is 5. The maximum absolute atomic E-state index is 2.50. The van der Waals surface area contributed by atoms with Gasteiger partial charge in [0.15, 0.2) is 0 Å². The predicted molar refractivity (Wildman–Crippen MR) is 214 cm³/mol. The summed E-state index contributed by atoms with van der Waals surface area (Å²) < 4.78 is 0. The van der Waals surface area contributed by atoms with Crippen molar-refractivity contribution < 1.29 is 0 Å². The molecule has 0 amide bonds. The van der Waals surface area contributed by atoms with E-state index in [1.807, 2.05) is 0 Å². The first-order valence-electron chi connectivity index (χ1n) is 17.9. The van der Waals surface area contributed by atoms with E-state index in [9.17, 15) is 0 Å². The monoisotopic (exact) mass is 641 g/mol. The number of anilines is 3. The highest BCUT2D eigenvalue weighted by molar-refractivity contribution is 6.10. The number of para-hydroxylation sites is 1. The van der Waals surface area contributed by atoms with Gasteiger partial charge in [0.05, 0.1) is 5.69 Å². The highest BCUT2D eigenvalue weighted by Gasteiger charge is 2.43. The van der Waals surface area contributed by atoms with Gasteiger partial charge in [-0.05, 0) is 110 Å². The van der Waals surface area contributed by atoms with Crippen LogP contribution >= 0.6 is 0 Å². The fourth-order valence-electron chi connectivity index (χ4n) is 8.60. The standard InChI is InChI=1S/C49H39N/c1-3-49(4-2)45-26-16-15-25-42(45)47-46(49)33-38-21-13-14-24-41(38)48(47)50(39-22-9-6-10-23-39)40-29-27-35(28-30-40)44-32-37-20-12-11-19-36(37)31-43(44)34-17-7-5-8-18-34/h5-33H,3-4H2,1-2H3. The summed E-state index contributed by atoms with van der Waals surface area (Å²) >= 11 is 0. The Morgan fingerprint density at radius 3 is 1.60 bits per heavy atom. The van der Waals surface area contributed by atoms with E-state index >= 15 is 0 Å². The first-order chi connectivity index (χ1) is 24.7. The SMILES string of the molecule is CCC1(CC)c2ccccc2-c2c1cc1ccccc1c2N(c1ccccc1)c1ccc(-c2cc3ccccc3cc2-c2ccccc2)cc1. The van der Waals surface area contributed by atoms with E-state index in [0.717, 1.165) is 24.2 Å². The van der Waals surface area contributed by atoms with Gasteiger partial charge in [0, 0.05) is 27.7 Å². The van der Waals surface area contributed by atoms with Gasteiger partial charge in [-0.2, -0.15) is 0 Å². The lowest BCUT2D eigenvalue weighted by atomic mass is 9.73. The van der Waals surface area contributed by atoms with Crippen LogP contribution in [0.5, 0.6) is 0 Å². The van der Waals surface area contributed by atoms with Crippen LogP contribution in [0.1, 0.15) is 37.8 Å². The third-order valence-electron chi connectivity index (χ3n) is 11.1. The van der Waals surface area contributed by atoms with Crippen molar-refractivity contribution in [2.24, 2.45) is 0 Å².